The third-order valence-electron chi connectivity index (χ3n) is 3.61. The van der Waals surface area contributed by atoms with Crippen molar-refractivity contribution in [1.29, 1.82) is 0 Å². The van der Waals surface area contributed by atoms with Crippen LogP contribution >= 0.6 is 0 Å². The first-order valence-electron chi connectivity index (χ1n) is 5.61. The Morgan fingerprint density at radius 3 is 3.00 bits per heavy atom. The second-order valence-corrected chi connectivity index (χ2v) is 5.02. The van der Waals surface area contributed by atoms with Crippen LogP contribution in [0, 0.1) is 5.41 Å². The number of aliphatic hydroxyl groups excluding tert-OH is 1. The molecule has 0 aromatic carbocycles. The molecule has 2 atom stereocenters. The predicted octanol–water partition coefficient (Wildman–Crippen LogP) is 1.23. The van der Waals surface area contributed by atoms with Gasteiger partial charge in [-0.2, -0.15) is 5.10 Å². The lowest BCUT2D eigenvalue weighted by Gasteiger charge is -2.49. The maximum absolute atomic E-state index is 9.62. The van der Waals surface area contributed by atoms with Crippen LogP contribution in [0.5, 0.6) is 0 Å². The predicted molar refractivity (Wildman–Crippen MR) is 63.6 cm³/mol. The maximum Gasteiger partial charge on any atom is 0.0621 e. The first-order chi connectivity index (χ1) is 7.54. The highest BCUT2D eigenvalue weighted by Gasteiger charge is 2.46. The Kier molecular flexibility index (Phi) is 2.86. The summed E-state index contributed by atoms with van der Waals surface area (Å²) in [4.78, 5) is 0. The molecule has 1 heterocycles. The Morgan fingerprint density at radius 2 is 2.50 bits per heavy atom. The molecule has 0 aliphatic heterocycles. The molecule has 1 saturated carbocycles. The molecule has 2 N–H and O–H groups in total. The van der Waals surface area contributed by atoms with Gasteiger partial charge in [-0.05, 0) is 6.42 Å². The van der Waals surface area contributed by atoms with Crippen LogP contribution in [-0.2, 0) is 6.54 Å². The summed E-state index contributed by atoms with van der Waals surface area (Å²) >= 11 is 0. The Labute approximate surface area is 96.0 Å². The van der Waals surface area contributed by atoms with Crippen molar-refractivity contribution in [3.63, 3.8) is 0 Å². The SMILES string of the molecule is C=Cn1cc(CNC2CC(O)C2(C)C)cn1. The fourth-order valence-electron chi connectivity index (χ4n) is 2.06. The van der Waals surface area contributed by atoms with Crippen LogP contribution in [0.15, 0.2) is 19.0 Å². The number of hydrogen-bond donors (Lipinski definition) is 2. The zero-order valence-corrected chi connectivity index (χ0v) is 9.85. The van der Waals surface area contributed by atoms with Gasteiger partial charge >= 0.3 is 0 Å². The van der Waals surface area contributed by atoms with E-state index in [0.29, 0.717) is 6.04 Å². The highest BCUT2D eigenvalue weighted by Crippen LogP contribution is 2.40. The molecule has 1 fully saturated rings. The Morgan fingerprint density at radius 1 is 1.75 bits per heavy atom. The molecule has 2 rings (SSSR count). The van der Waals surface area contributed by atoms with Gasteiger partial charge in [0.2, 0.25) is 0 Å². The monoisotopic (exact) mass is 221 g/mol. The summed E-state index contributed by atoms with van der Waals surface area (Å²) in [6.07, 6.45) is 6.10. The van der Waals surface area contributed by atoms with Gasteiger partial charge in [0, 0.05) is 36.0 Å². The number of nitrogens with zero attached hydrogens (tertiary/aromatic N) is 2. The van der Waals surface area contributed by atoms with E-state index in [1.54, 1.807) is 10.9 Å². The van der Waals surface area contributed by atoms with Crippen molar-refractivity contribution in [1.82, 2.24) is 15.1 Å². The minimum Gasteiger partial charge on any atom is -0.392 e. The van der Waals surface area contributed by atoms with Crippen molar-refractivity contribution in [2.45, 2.75) is 39.0 Å². The Balaban J connectivity index is 1.86. The summed E-state index contributed by atoms with van der Waals surface area (Å²) in [7, 11) is 0. The summed E-state index contributed by atoms with van der Waals surface area (Å²) in [6, 6.07) is 0.384. The van der Waals surface area contributed by atoms with Gasteiger partial charge in [0.05, 0.1) is 12.3 Å². The van der Waals surface area contributed by atoms with Crippen LogP contribution in [0.1, 0.15) is 25.8 Å². The first-order valence-corrected chi connectivity index (χ1v) is 5.61. The highest BCUT2D eigenvalue weighted by molar-refractivity contribution is 5.17. The lowest BCUT2D eigenvalue weighted by molar-refractivity contribution is -0.0729. The van der Waals surface area contributed by atoms with Gasteiger partial charge in [-0.1, -0.05) is 20.4 Å². The van der Waals surface area contributed by atoms with Gasteiger partial charge < -0.3 is 10.4 Å². The molecule has 0 saturated heterocycles. The van der Waals surface area contributed by atoms with Gasteiger partial charge in [0.15, 0.2) is 0 Å². The molecular formula is C12H19N3O. The van der Waals surface area contributed by atoms with E-state index in [9.17, 15) is 5.11 Å². The van der Waals surface area contributed by atoms with Crippen molar-refractivity contribution in [3.05, 3.63) is 24.5 Å². The average Bonchev–Trinajstić information content (AvgIpc) is 2.71. The molecule has 4 nitrogen and oxygen atoms in total. The van der Waals surface area contributed by atoms with E-state index in [-0.39, 0.29) is 11.5 Å². The molecule has 1 aliphatic rings. The van der Waals surface area contributed by atoms with Crippen LogP contribution in [-0.4, -0.2) is 27.0 Å². The van der Waals surface area contributed by atoms with Gasteiger partial charge in [-0.3, -0.25) is 0 Å². The standard InChI is InChI=1S/C12H19N3O/c1-4-15-8-9(7-14-15)6-13-10-5-11(16)12(10,2)3/h4,7-8,10-11,13,16H,1,5-6H2,2-3H3. The van der Waals surface area contributed by atoms with Crippen molar-refractivity contribution < 1.29 is 5.11 Å². The largest absolute Gasteiger partial charge is 0.392 e. The van der Waals surface area contributed by atoms with E-state index in [1.807, 2.05) is 12.4 Å². The minimum atomic E-state index is -0.180. The van der Waals surface area contributed by atoms with E-state index < -0.39 is 0 Å². The lowest BCUT2D eigenvalue weighted by atomic mass is 9.64. The van der Waals surface area contributed by atoms with E-state index in [4.69, 9.17) is 0 Å². The number of aromatic nitrogens is 2. The normalized spacial score (nSPS) is 27.4. The van der Waals surface area contributed by atoms with E-state index in [2.05, 4.69) is 30.8 Å². The molecule has 0 radical (unpaired) electrons. The fourth-order valence-corrected chi connectivity index (χ4v) is 2.06. The van der Waals surface area contributed by atoms with E-state index >= 15 is 0 Å². The van der Waals surface area contributed by atoms with Crippen molar-refractivity contribution in [2.24, 2.45) is 5.41 Å². The molecular weight excluding hydrogens is 202 g/mol. The van der Waals surface area contributed by atoms with Crippen molar-refractivity contribution in [3.8, 4) is 0 Å². The summed E-state index contributed by atoms with van der Waals surface area (Å²) in [6.45, 7) is 8.61. The summed E-state index contributed by atoms with van der Waals surface area (Å²) < 4.78 is 1.69. The molecule has 0 spiro atoms. The molecule has 0 bridgehead atoms. The number of hydrogen-bond acceptors (Lipinski definition) is 3. The van der Waals surface area contributed by atoms with Crippen LogP contribution < -0.4 is 5.32 Å². The second-order valence-electron chi connectivity index (χ2n) is 5.02. The molecule has 4 heteroatoms. The molecule has 1 aromatic rings. The third-order valence-corrected chi connectivity index (χ3v) is 3.61. The first kappa shape index (κ1) is 11.4. The van der Waals surface area contributed by atoms with Crippen molar-refractivity contribution >= 4 is 6.20 Å². The van der Waals surface area contributed by atoms with E-state index in [1.165, 1.54) is 0 Å². The topological polar surface area (TPSA) is 50.1 Å². The molecule has 2 unspecified atom stereocenters. The molecule has 1 aliphatic carbocycles. The Hall–Kier alpha value is -1.13. The molecule has 0 amide bonds. The summed E-state index contributed by atoms with van der Waals surface area (Å²) in [5.41, 5.74) is 1.12. The lowest BCUT2D eigenvalue weighted by Crippen LogP contribution is -2.59. The second kappa shape index (κ2) is 4.03. The Bertz CT molecular complexity index is 383. The maximum atomic E-state index is 9.62. The van der Waals surface area contributed by atoms with Gasteiger partial charge in [0.25, 0.3) is 0 Å². The van der Waals surface area contributed by atoms with Crippen LogP contribution in [0.3, 0.4) is 0 Å². The summed E-state index contributed by atoms with van der Waals surface area (Å²) in [5, 5.41) is 17.2. The van der Waals surface area contributed by atoms with Gasteiger partial charge in [-0.15, -0.1) is 0 Å². The smallest absolute Gasteiger partial charge is 0.0621 e. The molecule has 88 valence electrons. The van der Waals surface area contributed by atoms with E-state index in [0.717, 1.165) is 18.5 Å². The van der Waals surface area contributed by atoms with Crippen molar-refractivity contribution in [2.75, 3.05) is 0 Å². The van der Waals surface area contributed by atoms with Gasteiger partial charge in [-0.25, -0.2) is 4.68 Å². The molecule has 1 aromatic heterocycles. The number of rotatable bonds is 4. The summed E-state index contributed by atoms with van der Waals surface area (Å²) in [5.74, 6) is 0. The van der Waals surface area contributed by atoms with Gasteiger partial charge in [0.1, 0.15) is 0 Å². The van der Waals surface area contributed by atoms with Crippen LogP contribution in [0.2, 0.25) is 0 Å². The zero-order chi connectivity index (χ0) is 11.8. The quantitative estimate of drug-likeness (QED) is 0.804. The highest BCUT2D eigenvalue weighted by atomic mass is 16.3. The third kappa shape index (κ3) is 1.90. The number of aliphatic hydroxyl groups is 1. The number of nitrogens with one attached hydrogen (secondary N) is 1. The zero-order valence-electron chi connectivity index (χ0n) is 9.85. The average molecular weight is 221 g/mol. The minimum absolute atomic E-state index is 0.0194. The van der Waals surface area contributed by atoms with Crippen LogP contribution in [0.4, 0.5) is 0 Å². The van der Waals surface area contributed by atoms with Crippen LogP contribution in [0.25, 0.3) is 6.20 Å². The molecule has 16 heavy (non-hydrogen) atoms. The fraction of sp³-hybridized carbons (Fsp3) is 0.583.